The Morgan fingerprint density at radius 3 is 2.65 bits per heavy atom. The second-order valence-electron chi connectivity index (χ2n) is 5.02. The lowest BCUT2D eigenvalue weighted by Gasteiger charge is -2.10. The number of carbonyl (C=O) groups excluding carboxylic acids is 1. The first-order chi connectivity index (χ1) is 10.8. The van der Waals surface area contributed by atoms with E-state index >= 15 is 0 Å². The second kappa shape index (κ2) is 6.62. The molecule has 0 aliphatic rings. The molecule has 2 aromatic heterocycles. The van der Waals surface area contributed by atoms with Crippen LogP contribution in [0.25, 0.3) is 5.69 Å². The Morgan fingerprint density at radius 1 is 1.35 bits per heavy atom. The summed E-state index contributed by atoms with van der Waals surface area (Å²) < 4.78 is 1.99. The summed E-state index contributed by atoms with van der Waals surface area (Å²) >= 11 is 5.99. The lowest BCUT2D eigenvalue weighted by Crippen LogP contribution is -2.40. The highest BCUT2D eigenvalue weighted by Crippen LogP contribution is 2.15. The Bertz CT molecular complexity index is 896. The van der Waals surface area contributed by atoms with Crippen molar-refractivity contribution < 1.29 is 4.79 Å². The van der Waals surface area contributed by atoms with Gasteiger partial charge >= 0.3 is 5.69 Å². The van der Waals surface area contributed by atoms with E-state index in [9.17, 15) is 14.4 Å². The summed E-state index contributed by atoms with van der Waals surface area (Å²) in [4.78, 5) is 42.2. The third kappa shape index (κ3) is 3.40. The first kappa shape index (κ1) is 16.7. The van der Waals surface area contributed by atoms with E-state index in [2.05, 4.69) is 4.98 Å². The van der Waals surface area contributed by atoms with Gasteiger partial charge in [0, 0.05) is 45.8 Å². The fourth-order valence-corrected chi connectivity index (χ4v) is 2.08. The third-order valence-electron chi connectivity index (χ3n) is 3.07. The maximum absolute atomic E-state index is 12.3. The number of allylic oxidation sites excluding steroid dienone is 1. The summed E-state index contributed by atoms with van der Waals surface area (Å²) in [6.45, 7) is 0. The molecule has 2 aromatic rings. The number of halogens is 1. The van der Waals surface area contributed by atoms with Crippen molar-refractivity contribution in [2.24, 2.45) is 7.05 Å². The molecule has 0 atom stereocenters. The fraction of sp³-hybridized carbons (Fsp3) is 0.200. The van der Waals surface area contributed by atoms with Crippen LogP contribution in [0.5, 0.6) is 0 Å². The van der Waals surface area contributed by atoms with Gasteiger partial charge in [0.25, 0.3) is 5.56 Å². The molecule has 8 heteroatoms. The standard InChI is InChI=1S/C15H15ClN4O3/c1-18(2)8-6-12(21)10-9-20(15(23)19(3)14(10)22)11-5-4-7-17-13(11)16/h4-9H,1-3H3. The van der Waals surface area contributed by atoms with Gasteiger partial charge in [-0.05, 0) is 12.1 Å². The van der Waals surface area contributed by atoms with Gasteiger partial charge in [-0.3, -0.25) is 18.7 Å². The predicted molar refractivity (Wildman–Crippen MR) is 87.2 cm³/mol. The van der Waals surface area contributed by atoms with Crippen molar-refractivity contribution in [1.82, 2.24) is 19.0 Å². The molecule has 0 aromatic carbocycles. The lowest BCUT2D eigenvalue weighted by atomic mass is 10.2. The summed E-state index contributed by atoms with van der Waals surface area (Å²) in [6, 6.07) is 3.18. The van der Waals surface area contributed by atoms with Crippen molar-refractivity contribution in [2.75, 3.05) is 14.1 Å². The van der Waals surface area contributed by atoms with Crippen molar-refractivity contribution in [3.8, 4) is 5.69 Å². The molecule has 0 fully saturated rings. The van der Waals surface area contributed by atoms with E-state index < -0.39 is 17.0 Å². The molecule has 0 spiro atoms. The lowest BCUT2D eigenvalue weighted by molar-refractivity contribution is 0.104. The van der Waals surface area contributed by atoms with Crippen LogP contribution < -0.4 is 11.2 Å². The topological polar surface area (TPSA) is 77.2 Å². The fourth-order valence-electron chi connectivity index (χ4n) is 1.87. The zero-order valence-corrected chi connectivity index (χ0v) is 13.6. The highest BCUT2D eigenvalue weighted by molar-refractivity contribution is 6.31. The van der Waals surface area contributed by atoms with Crippen LogP contribution >= 0.6 is 11.6 Å². The quantitative estimate of drug-likeness (QED) is 0.470. The van der Waals surface area contributed by atoms with Gasteiger partial charge in [0.2, 0.25) is 0 Å². The first-order valence-electron chi connectivity index (χ1n) is 6.65. The van der Waals surface area contributed by atoms with E-state index in [-0.39, 0.29) is 10.7 Å². The highest BCUT2D eigenvalue weighted by atomic mass is 35.5. The molecular formula is C15H15ClN4O3. The van der Waals surface area contributed by atoms with Crippen LogP contribution in [0.15, 0.2) is 46.4 Å². The number of ketones is 1. The van der Waals surface area contributed by atoms with Gasteiger partial charge in [0.05, 0.1) is 5.69 Å². The second-order valence-corrected chi connectivity index (χ2v) is 5.37. The van der Waals surface area contributed by atoms with Gasteiger partial charge < -0.3 is 4.90 Å². The molecule has 2 heterocycles. The van der Waals surface area contributed by atoms with E-state index in [1.807, 2.05) is 0 Å². The molecule has 0 aliphatic carbocycles. The molecule has 120 valence electrons. The zero-order valence-electron chi connectivity index (χ0n) is 12.9. The van der Waals surface area contributed by atoms with E-state index in [4.69, 9.17) is 11.6 Å². The Labute approximate surface area is 137 Å². The summed E-state index contributed by atoms with van der Waals surface area (Å²) in [5.74, 6) is -0.506. The molecule has 0 saturated heterocycles. The van der Waals surface area contributed by atoms with Gasteiger partial charge in [-0.1, -0.05) is 11.6 Å². The Hall–Kier alpha value is -2.67. The van der Waals surface area contributed by atoms with Crippen LogP contribution in [-0.2, 0) is 7.05 Å². The number of pyridine rings is 1. The maximum atomic E-state index is 12.3. The molecule has 23 heavy (non-hydrogen) atoms. The Morgan fingerprint density at radius 2 is 2.04 bits per heavy atom. The van der Waals surface area contributed by atoms with E-state index in [1.165, 1.54) is 31.7 Å². The molecule has 0 saturated carbocycles. The average Bonchev–Trinajstić information content (AvgIpc) is 2.51. The number of aromatic nitrogens is 3. The van der Waals surface area contributed by atoms with Crippen molar-refractivity contribution >= 4 is 17.4 Å². The number of hydrogen-bond donors (Lipinski definition) is 0. The average molecular weight is 335 g/mol. The number of rotatable bonds is 4. The maximum Gasteiger partial charge on any atom is 0.335 e. The number of nitrogens with zero attached hydrogens (tertiary/aromatic N) is 4. The van der Waals surface area contributed by atoms with Gasteiger partial charge in [0.1, 0.15) is 5.56 Å². The van der Waals surface area contributed by atoms with Gasteiger partial charge in [0.15, 0.2) is 10.9 Å². The minimum Gasteiger partial charge on any atom is -0.383 e. The predicted octanol–water partition coefficient (Wildman–Crippen LogP) is 0.843. The molecule has 0 bridgehead atoms. The van der Waals surface area contributed by atoms with Crippen molar-refractivity contribution in [2.45, 2.75) is 0 Å². The molecule has 2 rings (SSSR count). The van der Waals surface area contributed by atoms with E-state index in [0.29, 0.717) is 5.69 Å². The molecule has 0 N–H and O–H groups in total. The van der Waals surface area contributed by atoms with Gasteiger partial charge in [-0.15, -0.1) is 0 Å². The monoisotopic (exact) mass is 334 g/mol. The normalized spacial score (nSPS) is 11.0. The van der Waals surface area contributed by atoms with Crippen LogP contribution in [0.3, 0.4) is 0 Å². The first-order valence-corrected chi connectivity index (χ1v) is 7.03. The van der Waals surface area contributed by atoms with Crippen LogP contribution in [0.4, 0.5) is 0 Å². The number of carbonyl (C=O) groups is 1. The van der Waals surface area contributed by atoms with Gasteiger partial charge in [-0.25, -0.2) is 9.78 Å². The van der Waals surface area contributed by atoms with Crippen LogP contribution in [-0.4, -0.2) is 38.9 Å². The largest absolute Gasteiger partial charge is 0.383 e. The minimum atomic E-state index is -0.667. The van der Waals surface area contributed by atoms with E-state index in [1.54, 1.807) is 31.1 Å². The molecule has 0 radical (unpaired) electrons. The van der Waals surface area contributed by atoms with Crippen LogP contribution in [0.2, 0.25) is 5.15 Å². The molecule has 0 unspecified atom stereocenters. The van der Waals surface area contributed by atoms with Crippen molar-refractivity contribution in [1.29, 1.82) is 0 Å². The number of hydrogen-bond acceptors (Lipinski definition) is 5. The summed E-state index contributed by atoms with van der Waals surface area (Å²) in [6.07, 6.45) is 5.45. The summed E-state index contributed by atoms with van der Waals surface area (Å²) in [5.41, 5.74) is -1.12. The SMILES string of the molecule is CN(C)C=CC(=O)c1cn(-c2cccnc2Cl)c(=O)n(C)c1=O. The Balaban J connectivity index is 2.68. The van der Waals surface area contributed by atoms with Crippen LogP contribution in [0.1, 0.15) is 10.4 Å². The minimum absolute atomic E-state index is 0.0930. The van der Waals surface area contributed by atoms with E-state index in [0.717, 1.165) is 9.13 Å². The summed E-state index contributed by atoms with van der Waals surface area (Å²) in [5, 5.41) is 0.0930. The van der Waals surface area contributed by atoms with Gasteiger partial charge in [-0.2, -0.15) is 0 Å². The molecule has 0 amide bonds. The molecular weight excluding hydrogens is 320 g/mol. The van der Waals surface area contributed by atoms with Crippen molar-refractivity contribution in [3.63, 3.8) is 0 Å². The highest BCUT2D eigenvalue weighted by Gasteiger charge is 2.16. The Kier molecular flexibility index (Phi) is 4.80. The van der Waals surface area contributed by atoms with Crippen molar-refractivity contribution in [3.05, 3.63) is 68.4 Å². The summed E-state index contributed by atoms with van der Waals surface area (Å²) in [7, 11) is 4.80. The smallest absolute Gasteiger partial charge is 0.335 e. The zero-order chi connectivity index (χ0) is 17.1. The molecule has 0 aliphatic heterocycles. The molecule has 7 nitrogen and oxygen atoms in total. The van der Waals surface area contributed by atoms with Crippen LogP contribution in [0, 0.1) is 0 Å². The third-order valence-corrected chi connectivity index (χ3v) is 3.37.